The molecule has 2 nitrogen and oxygen atoms in total. The van der Waals surface area contributed by atoms with E-state index in [1.807, 2.05) is 54.6 Å². The molecule has 0 aliphatic carbocycles. The van der Waals surface area contributed by atoms with E-state index in [0.29, 0.717) is 5.02 Å². The van der Waals surface area contributed by atoms with E-state index < -0.39 is 0 Å². The molecule has 0 fully saturated rings. The Morgan fingerprint density at radius 2 is 1.68 bits per heavy atom. The Kier molecular flexibility index (Phi) is 4.83. The lowest BCUT2D eigenvalue weighted by molar-refractivity contribution is 0.171. The molecule has 100 valence electrons. The topological polar surface area (TPSA) is 35.2 Å². The maximum Gasteiger partial charge on any atom is 0.139 e. The van der Waals surface area contributed by atoms with Crippen LogP contribution in [0.4, 0.5) is 0 Å². The zero-order valence-corrected chi connectivity index (χ0v) is 11.7. The molecule has 2 N–H and O–H groups in total. The molecule has 3 heteroatoms. The van der Waals surface area contributed by atoms with E-state index >= 15 is 0 Å². The molecule has 0 bridgehead atoms. The van der Waals surface area contributed by atoms with Gasteiger partial charge in [-0.05, 0) is 36.2 Å². The monoisotopic (exact) mass is 275 g/mol. The molecule has 0 aliphatic heterocycles. The van der Waals surface area contributed by atoms with Crippen LogP contribution in [0.5, 0.6) is 5.75 Å². The highest BCUT2D eigenvalue weighted by atomic mass is 35.5. The van der Waals surface area contributed by atoms with Crippen molar-refractivity contribution >= 4 is 11.6 Å². The normalized spacial score (nSPS) is 13.8. The fraction of sp³-hybridized carbons (Fsp3) is 0.250. The summed E-state index contributed by atoms with van der Waals surface area (Å²) in [7, 11) is 0. The Bertz CT molecular complexity index is 498. The molecule has 2 atom stereocenters. The summed E-state index contributed by atoms with van der Waals surface area (Å²) in [6.07, 6.45) is 0.685. The van der Waals surface area contributed by atoms with Crippen molar-refractivity contribution in [3.05, 3.63) is 65.2 Å². The molecule has 19 heavy (non-hydrogen) atoms. The number of hydrogen-bond acceptors (Lipinski definition) is 2. The van der Waals surface area contributed by atoms with E-state index in [4.69, 9.17) is 22.1 Å². The van der Waals surface area contributed by atoms with Crippen molar-refractivity contribution in [3.8, 4) is 5.75 Å². The summed E-state index contributed by atoms with van der Waals surface area (Å²) < 4.78 is 6.02. The third-order valence-corrected chi connectivity index (χ3v) is 3.32. The van der Waals surface area contributed by atoms with Crippen molar-refractivity contribution in [2.24, 2.45) is 5.73 Å². The molecule has 0 aromatic heterocycles. The Labute approximate surface area is 119 Å². The van der Waals surface area contributed by atoms with Crippen LogP contribution in [0.2, 0.25) is 5.02 Å². The van der Waals surface area contributed by atoms with Gasteiger partial charge in [0, 0.05) is 11.1 Å². The SMILES string of the molecule is CCC(N)C(Oc1ccccc1)c1ccc(Cl)cc1. The molecule has 0 saturated heterocycles. The zero-order chi connectivity index (χ0) is 13.7. The van der Waals surface area contributed by atoms with Gasteiger partial charge < -0.3 is 10.5 Å². The van der Waals surface area contributed by atoms with E-state index in [-0.39, 0.29) is 12.1 Å². The minimum absolute atomic E-state index is 0.0543. The van der Waals surface area contributed by atoms with E-state index in [0.717, 1.165) is 17.7 Å². The van der Waals surface area contributed by atoms with Crippen molar-refractivity contribution in [1.29, 1.82) is 0 Å². The van der Waals surface area contributed by atoms with E-state index in [1.165, 1.54) is 0 Å². The van der Waals surface area contributed by atoms with Gasteiger partial charge in [-0.2, -0.15) is 0 Å². The van der Waals surface area contributed by atoms with Gasteiger partial charge in [-0.3, -0.25) is 0 Å². The Morgan fingerprint density at radius 1 is 1.05 bits per heavy atom. The first-order valence-corrected chi connectivity index (χ1v) is 6.81. The predicted octanol–water partition coefficient (Wildman–Crippen LogP) is 4.20. The molecular weight excluding hydrogens is 258 g/mol. The van der Waals surface area contributed by atoms with Gasteiger partial charge in [0.15, 0.2) is 0 Å². The van der Waals surface area contributed by atoms with Crippen molar-refractivity contribution in [1.82, 2.24) is 0 Å². The number of benzene rings is 2. The number of halogens is 1. The second kappa shape index (κ2) is 6.60. The molecular formula is C16H18ClNO. The van der Waals surface area contributed by atoms with Crippen LogP contribution in [0.1, 0.15) is 25.0 Å². The summed E-state index contributed by atoms with van der Waals surface area (Å²) in [6, 6.07) is 17.3. The van der Waals surface area contributed by atoms with Gasteiger partial charge in [-0.25, -0.2) is 0 Å². The number of para-hydroxylation sites is 1. The molecule has 0 saturated carbocycles. The van der Waals surface area contributed by atoms with Crippen LogP contribution in [-0.2, 0) is 0 Å². The van der Waals surface area contributed by atoms with Crippen LogP contribution in [0.3, 0.4) is 0 Å². The maximum atomic E-state index is 6.18. The first-order chi connectivity index (χ1) is 9.20. The van der Waals surface area contributed by atoms with Crippen molar-refractivity contribution in [2.75, 3.05) is 0 Å². The fourth-order valence-electron chi connectivity index (χ4n) is 1.91. The number of rotatable bonds is 5. The van der Waals surface area contributed by atoms with Gasteiger partial charge in [0.05, 0.1) is 0 Å². The Morgan fingerprint density at radius 3 is 2.26 bits per heavy atom. The smallest absolute Gasteiger partial charge is 0.139 e. The quantitative estimate of drug-likeness (QED) is 0.888. The number of nitrogens with two attached hydrogens (primary N) is 1. The van der Waals surface area contributed by atoms with Gasteiger partial charge in [-0.1, -0.05) is 48.9 Å². The Hall–Kier alpha value is -1.51. The summed E-state index contributed by atoms with van der Waals surface area (Å²) in [5.41, 5.74) is 7.22. The molecule has 0 spiro atoms. The first kappa shape index (κ1) is 13.9. The van der Waals surface area contributed by atoms with Crippen LogP contribution < -0.4 is 10.5 Å². The summed E-state index contributed by atoms with van der Waals surface area (Å²) in [4.78, 5) is 0. The second-order valence-electron chi connectivity index (χ2n) is 4.48. The average Bonchev–Trinajstić information content (AvgIpc) is 2.46. The minimum atomic E-state index is -0.162. The summed E-state index contributed by atoms with van der Waals surface area (Å²) in [5.74, 6) is 0.825. The minimum Gasteiger partial charge on any atom is -0.484 e. The van der Waals surface area contributed by atoms with E-state index in [2.05, 4.69) is 6.92 Å². The Balaban J connectivity index is 2.23. The first-order valence-electron chi connectivity index (χ1n) is 6.43. The third-order valence-electron chi connectivity index (χ3n) is 3.07. The molecule has 2 unspecified atom stereocenters. The molecule has 2 aromatic rings. The highest BCUT2D eigenvalue weighted by molar-refractivity contribution is 6.30. The number of hydrogen-bond donors (Lipinski definition) is 1. The van der Waals surface area contributed by atoms with Crippen molar-refractivity contribution in [3.63, 3.8) is 0 Å². The van der Waals surface area contributed by atoms with Crippen LogP contribution in [0.15, 0.2) is 54.6 Å². The van der Waals surface area contributed by atoms with E-state index in [9.17, 15) is 0 Å². The van der Waals surface area contributed by atoms with E-state index in [1.54, 1.807) is 0 Å². The standard InChI is InChI=1S/C16H18ClNO/c1-2-15(18)16(12-8-10-13(17)11-9-12)19-14-6-4-3-5-7-14/h3-11,15-16H,2,18H2,1H3. The molecule has 2 aromatic carbocycles. The highest BCUT2D eigenvalue weighted by Crippen LogP contribution is 2.26. The van der Waals surface area contributed by atoms with Gasteiger partial charge in [0.25, 0.3) is 0 Å². The average molecular weight is 276 g/mol. The second-order valence-corrected chi connectivity index (χ2v) is 4.91. The number of ether oxygens (including phenoxy) is 1. The maximum absolute atomic E-state index is 6.18. The van der Waals surface area contributed by atoms with Gasteiger partial charge in [0.1, 0.15) is 11.9 Å². The predicted molar refractivity (Wildman–Crippen MR) is 79.5 cm³/mol. The van der Waals surface area contributed by atoms with Crippen LogP contribution in [0.25, 0.3) is 0 Å². The summed E-state index contributed by atoms with van der Waals surface area (Å²) in [6.45, 7) is 2.06. The van der Waals surface area contributed by atoms with Crippen LogP contribution in [-0.4, -0.2) is 6.04 Å². The van der Waals surface area contributed by atoms with Gasteiger partial charge in [-0.15, -0.1) is 0 Å². The lowest BCUT2D eigenvalue weighted by Crippen LogP contribution is -2.31. The molecule has 2 rings (SSSR count). The summed E-state index contributed by atoms with van der Waals surface area (Å²) in [5, 5.41) is 0.715. The van der Waals surface area contributed by atoms with Gasteiger partial charge in [0.2, 0.25) is 0 Å². The molecule has 0 radical (unpaired) electrons. The summed E-state index contributed by atoms with van der Waals surface area (Å²) >= 11 is 5.92. The third kappa shape index (κ3) is 3.72. The molecule has 0 heterocycles. The van der Waals surface area contributed by atoms with Crippen LogP contribution >= 0.6 is 11.6 Å². The molecule has 0 amide bonds. The zero-order valence-electron chi connectivity index (χ0n) is 10.9. The lowest BCUT2D eigenvalue weighted by atomic mass is 10.0. The van der Waals surface area contributed by atoms with Gasteiger partial charge >= 0.3 is 0 Å². The largest absolute Gasteiger partial charge is 0.484 e. The van der Waals surface area contributed by atoms with Crippen molar-refractivity contribution < 1.29 is 4.74 Å². The van der Waals surface area contributed by atoms with Crippen LogP contribution in [0, 0.1) is 0 Å². The highest BCUT2D eigenvalue weighted by Gasteiger charge is 2.20. The fourth-order valence-corrected chi connectivity index (χ4v) is 2.04. The molecule has 0 aliphatic rings. The lowest BCUT2D eigenvalue weighted by Gasteiger charge is -2.24. The van der Waals surface area contributed by atoms with Crippen molar-refractivity contribution in [2.45, 2.75) is 25.5 Å².